The molecule has 3 N–H and O–H groups in total. The maximum absolute atomic E-state index is 12.7. The van der Waals surface area contributed by atoms with Crippen LogP contribution >= 0.6 is 15.9 Å². The minimum Gasteiger partial charge on any atom is -0.444 e. The fraction of sp³-hybridized carbons (Fsp3) is 0.435. The maximum atomic E-state index is 12.7. The molecule has 2 aromatic heterocycles. The highest BCUT2D eigenvalue weighted by Gasteiger charge is 2.29. The average Bonchev–Trinajstić information content (AvgIpc) is 2.74. The highest BCUT2D eigenvalue weighted by Crippen LogP contribution is 2.26. The van der Waals surface area contributed by atoms with E-state index in [1.54, 1.807) is 30.3 Å². The Labute approximate surface area is 201 Å². The molecule has 1 saturated carbocycles. The van der Waals surface area contributed by atoms with Crippen molar-refractivity contribution < 1.29 is 19.1 Å². The minimum absolute atomic E-state index is 0.105. The number of nitrogens with one attached hydrogen (secondary N) is 3. The van der Waals surface area contributed by atoms with Gasteiger partial charge in [0.15, 0.2) is 0 Å². The molecule has 0 aromatic carbocycles. The van der Waals surface area contributed by atoms with Crippen LogP contribution in [-0.4, -0.2) is 39.5 Å². The van der Waals surface area contributed by atoms with Gasteiger partial charge >= 0.3 is 6.09 Å². The Balaban J connectivity index is 1.51. The Morgan fingerprint density at radius 3 is 2.55 bits per heavy atom. The van der Waals surface area contributed by atoms with Crippen molar-refractivity contribution in [1.82, 2.24) is 15.3 Å². The SMILES string of the molecule is CC(C)(C)OC(=O)N[C@@H]1CCC[C@H](C(=O)Nc2ccc(NC(=O)c3cccc(Br)n3)nc2)C1. The molecule has 9 nitrogen and oxygen atoms in total. The second-order valence-electron chi connectivity index (χ2n) is 8.93. The zero-order chi connectivity index (χ0) is 24.0. The summed E-state index contributed by atoms with van der Waals surface area (Å²) in [6.07, 6.45) is 3.97. The predicted molar refractivity (Wildman–Crippen MR) is 128 cm³/mol. The van der Waals surface area contributed by atoms with Crippen LogP contribution in [0.25, 0.3) is 0 Å². The van der Waals surface area contributed by atoms with Gasteiger partial charge in [-0.25, -0.2) is 14.8 Å². The van der Waals surface area contributed by atoms with Crippen LogP contribution in [0, 0.1) is 5.92 Å². The molecule has 176 valence electrons. The number of nitrogens with zero attached hydrogens (tertiary/aromatic N) is 2. The number of hydrogen-bond acceptors (Lipinski definition) is 6. The summed E-state index contributed by atoms with van der Waals surface area (Å²) in [7, 11) is 0. The number of halogens is 1. The topological polar surface area (TPSA) is 122 Å². The van der Waals surface area contributed by atoms with Gasteiger partial charge in [0.05, 0.1) is 11.9 Å². The number of carbonyl (C=O) groups is 3. The van der Waals surface area contributed by atoms with E-state index in [1.165, 1.54) is 6.20 Å². The summed E-state index contributed by atoms with van der Waals surface area (Å²) < 4.78 is 5.87. The number of hydrogen-bond donors (Lipinski definition) is 3. The van der Waals surface area contributed by atoms with Crippen LogP contribution in [0.1, 0.15) is 56.9 Å². The molecule has 0 aliphatic heterocycles. The largest absolute Gasteiger partial charge is 0.444 e. The third kappa shape index (κ3) is 7.81. The number of aromatic nitrogens is 2. The Hall–Kier alpha value is -3.01. The van der Waals surface area contributed by atoms with Gasteiger partial charge < -0.3 is 20.7 Å². The van der Waals surface area contributed by atoms with E-state index >= 15 is 0 Å². The molecule has 0 saturated heterocycles. The van der Waals surface area contributed by atoms with E-state index in [9.17, 15) is 14.4 Å². The standard InChI is InChI=1S/C23H28BrN5O4/c1-23(2,3)33-22(32)27-15-7-4-6-14(12-15)20(30)26-16-10-11-19(25-13-16)29-21(31)17-8-5-9-18(24)28-17/h5,8-11,13-15H,4,6-7,12H2,1-3H3,(H,26,30)(H,27,32)(H,25,29,31)/t14-,15+/m0/s1. The summed E-state index contributed by atoms with van der Waals surface area (Å²) in [5, 5.41) is 8.40. The van der Waals surface area contributed by atoms with E-state index in [4.69, 9.17) is 4.74 Å². The van der Waals surface area contributed by atoms with Crippen LogP contribution < -0.4 is 16.0 Å². The number of alkyl carbamates (subject to hydrolysis) is 1. The second kappa shape index (κ2) is 10.7. The highest BCUT2D eigenvalue weighted by molar-refractivity contribution is 9.10. The molecule has 0 unspecified atom stereocenters. The first-order valence-electron chi connectivity index (χ1n) is 10.8. The summed E-state index contributed by atoms with van der Waals surface area (Å²) in [5.74, 6) is -0.381. The molecule has 3 rings (SSSR count). The van der Waals surface area contributed by atoms with E-state index in [0.717, 1.165) is 19.3 Å². The lowest BCUT2D eigenvalue weighted by Gasteiger charge is -2.30. The molecular formula is C23H28BrN5O4. The first-order chi connectivity index (χ1) is 15.6. The Morgan fingerprint density at radius 2 is 1.88 bits per heavy atom. The second-order valence-corrected chi connectivity index (χ2v) is 9.74. The zero-order valence-electron chi connectivity index (χ0n) is 18.9. The third-order valence-electron chi connectivity index (χ3n) is 4.99. The van der Waals surface area contributed by atoms with Crippen molar-refractivity contribution in [2.45, 2.75) is 58.1 Å². The highest BCUT2D eigenvalue weighted by atomic mass is 79.9. The van der Waals surface area contributed by atoms with Crippen LogP contribution in [0.5, 0.6) is 0 Å². The van der Waals surface area contributed by atoms with Gasteiger partial charge in [-0.3, -0.25) is 9.59 Å². The number of pyridine rings is 2. The monoisotopic (exact) mass is 517 g/mol. The smallest absolute Gasteiger partial charge is 0.407 e. The zero-order valence-corrected chi connectivity index (χ0v) is 20.4. The molecule has 0 radical (unpaired) electrons. The van der Waals surface area contributed by atoms with Gasteiger partial charge in [-0.2, -0.15) is 0 Å². The number of amides is 3. The molecule has 0 bridgehead atoms. The van der Waals surface area contributed by atoms with Crippen LogP contribution in [0.4, 0.5) is 16.3 Å². The van der Waals surface area contributed by atoms with Crippen LogP contribution in [0.15, 0.2) is 41.1 Å². The van der Waals surface area contributed by atoms with Crippen molar-refractivity contribution in [1.29, 1.82) is 0 Å². The van der Waals surface area contributed by atoms with Gasteiger partial charge in [0, 0.05) is 12.0 Å². The first-order valence-corrected chi connectivity index (χ1v) is 11.6. The van der Waals surface area contributed by atoms with Crippen LogP contribution in [0.2, 0.25) is 0 Å². The molecular weight excluding hydrogens is 490 g/mol. The molecule has 2 atom stereocenters. The van der Waals surface area contributed by atoms with Gasteiger partial charge in [0.25, 0.3) is 5.91 Å². The molecule has 2 aromatic rings. The van der Waals surface area contributed by atoms with E-state index < -0.39 is 11.7 Å². The average molecular weight is 518 g/mol. The molecule has 1 fully saturated rings. The normalized spacial score (nSPS) is 18.2. The Bertz CT molecular complexity index is 1010. The summed E-state index contributed by atoms with van der Waals surface area (Å²) in [6.45, 7) is 5.43. The van der Waals surface area contributed by atoms with Crippen LogP contribution in [0.3, 0.4) is 0 Å². The summed E-state index contributed by atoms with van der Waals surface area (Å²) in [6, 6.07) is 8.23. The number of rotatable bonds is 5. The quantitative estimate of drug-likeness (QED) is 0.501. The fourth-order valence-corrected chi connectivity index (χ4v) is 3.88. The van der Waals surface area contributed by atoms with Crippen molar-refractivity contribution in [3.05, 3.63) is 46.8 Å². The van der Waals surface area contributed by atoms with Gasteiger partial charge in [-0.1, -0.05) is 12.5 Å². The van der Waals surface area contributed by atoms with Crippen molar-refractivity contribution >= 4 is 45.3 Å². The number of anilines is 2. The molecule has 1 aliphatic carbocycles. The molecule has 33 heavy (non-hydrogen) atoms. The summed E-state index contributed by atoms with van der Waals surface area (Å²) >= 11 is 3.23. The Morgan fingerprint density at radius 1 is 1.09 bits per heavy atom. The first kappa shape index (κ1) is 24.6. The van der Waals surface area contributed by atoms with Gasteiger partial charge in [-0.15, -0.1) is 0 Å². The lowest BCUT2D eigenvalue weighted by Crippen LogP contribution is -2.43. The molecule has 0 spiro atoms. The van der Waals surface area contributed by atoms with E-state index in [1.807, 2.05) is 20.8 Å². The predicted octanol–water partition coefficient (Wildman–Crippen LogP) is 4.51. The van der Waals surface area contributed by atoms with Gasteiger partial charge in [-0.05, 0) is 80.2 Å². The van der Waals surface area contributed by atoms with Gasteiger partial charge in [0.1, 0.15) is 21.7 Å². The van der Waals surface area contributed by atoms with E-state index in [-0.39, 0.29) is 29.5 Å². The molecule has 3 amide bonds. The minimum atomic E-state index is -0.567. The fourth-order valence-electron chi connectivity index (χ4n) is 3.53. The third-order valence-corrected chi connectivity index (χ3v) is 5.43. The van der Waals surface area contributed by atoms with Crippen molar-refractivity contribution in [3.63, 3.8) is 0 Å². The lowest BCUT2D eigenvalue weighted by atomic mass is 9.85. The molecule has 1 aliphatic rings. The van der Waals surface area contributed by atoms with Crippen molar-refractivity contribution in [2.75, 3.05) is 10.6 Å². The van der Waals surface area contributed by atoms with Crippen LogP contribution in [-0.2, 0) is 9.53 Å². The molecule has 2 heterocycles. The van der Waals surface area contributed by atoms with E-state index in [2.05, 4.69) is 41.8 Å². The summed E-state index contributed by atoms with van der Waals surface area (Å²) in [4.78, 5) is 45.3. The Kier molecular flexibility index (Phi) is 8.01. The molecule has 10 heteroatoms. The maximum Gasteiger partial charge on any atom is 0.407 e. The van der Waals surface area contributed by atoms with E-state index in [0.29, 0.717) is 22.5 Å². The van der Waals surface area contributed by atoms with Crippen molar-refractivity contribution in [3.8, 4) is 0 Å². The lowest BCUT2D eigenvalue weighted by molar-refractivity contribution is -0.121. The van der Waals surface area contributed by atoms with Gasteiger partial charge in [0.2, 0.25) is 5.91 Å². The number of ether oxygens (including phenoxy) is 1. The number of carbonyl (C=O) groups excluding carboxylic acids is 3. The summed E-state index contributed by atoms with van der Waals surface area (Å²) in [5.41, 5.74) is 0.221. The van der Waals surface area contributed by atoms with Crippen molar-refractivity contribution in [2.24, 2.45) is 5.92 Å².